The second kappa shape index (κ2) is 6.74. The molecule has 1 heterocycles. The van der Waals surface area contributed by atoms with Gasteiger partial charge in [0.1, 0.15) is 11.9 Å². The lowest BCUT2D eigenvalue weighted by molar-refractivity contribution is 0.0900. The molecule has 2 unspecified atom stereocenters. The molecule has 100 valence electrons. The van der Waals surface area contributed by atoms with Crippen LogP contribution in [0.15, 0.2) is 18.3 Å². The molecule has 0 radical (unpaired) electrons. The zero-order chi connectivity index (χ0) is 12.8. The Morgan fingerprint density at radius 3 is 2.83 bits per heavy atom. The summed E-state index contributed by atoms with van der Waals surface area (Å²) >= 11 is 0. The second-order valence-electron chi connectivity index (χ2n) is 5.12. The molecule has 1 aliphatic carbocycles. The summed E-state index contributed by atoms with van der Waals surface area (Å²) in [4.78, 5) is 4.40. The van der Waals surface area contributed by atoms with Crippen molar-refractivity contribution >= 4 is 0 Å². The van der Waals surface area contributed by atoms with E-state index < -0.39 is 0 Å². The lowest BCUT2D eigenvalue weighted by atomic mass is 9.85. The van der Waals surface area contributed by atoms with Crippen LogP contribution in [-0.4, -0.2) is 18.1 Å². The van der Waals surface area contributed by atoms with E-state index in [0.29, 0.717) is 6.10 Å². The Bertz CT molecular complexity index is 350. The normalized spacial score (nSPS) is 23.9. The van der Waals surface area contributed by atoms with E-state index in [1.807, 2.05) is 25.4 Å². The minimum Gasteiger partial charge on any atom is -0.489 e. The standard InChI is InChI=1S/C15H24N2O/c1-3-12-6-4-5-7-15(12)18-14-9-8-13(10-16-2)17-11-14/h8-9,11-12,15-16H,3-7,10H2,1-2H3. The van der Waals surface area contributed by atoms with E-state index in [4.69, 9.17) is 4.74 Å². The van der Waals surface area contributed by atoms with Gasteiger partial charge >= 0.3 is 0 Å². The summed E-state index contributed by atoms with van der Waals surface area (Å²) < 4.78 is 6.11. The van der Waals surface area contributed by atoms with E-state index in [-0.39, 0.29) is 0 Å². The molecule has 3 nitrogen and oxygen atoms in total. The number of pyridine rings is 1. The molecular formula is C15H24N2O. The minimum atomic E-state index is 0.390. The number of rotatable bonds is 5. The van der Waals surface area contributed by atoms with Crippen molar-refractivity contribution in [1.82, 2.24) is 10.3 Å². The van der Waals surface area contributed by atoms with Gasteiger partial charge in [-0.05, 0) is 50.8 Å². The quantitative estimate of drug-likeness (QED) is 0.869. The van der Waals surface area contributed by atoms with E-state index in [9.17, 15) is 0 Å². The molecule has 3 heteroatoms. The molecule has 0 aromatic carbocycles. The van der Waals surface area contributed by atoms with Crippen LogP contribution in [0.1, 0.15) is 44.7 Å². The number of aromatic nitrogens is 1. The van der Waals surface area contributed by atoms with Gasteiger partial charge in [-0.15, -0.1) is 0 Å². The summed E-state index contributed by atoms with van der Waals surface area (Å²) in [7, 11) is 1.93. The fourth-order valence-corrected chi connectivity index (χ4v) is 2.74. The van der Waals surface area contributed by atoms with E-state index in [0.717, 1.165) is 23.9 Å². The maximum Gasteiger partial charge on any atom is 0.138 e. The molecule has 1 N–H and O–H groups in total. The molecule has 1 aromatic heterocycles. The first-order chi connectivity index (χ1) is 8.83. The average molecular weight is 248 g/mol. The first-order valence-corrected chi connectivity index (χ1v) is 7.09. The van der Waals surface area contributed by atoms with Crippen molar-refractivity contribution in [1.29, 1.82) is 0 Å². The number of nitrogens with one attached hydrogen (secondary N) is 1. The molecule has 1 aromatic rings. The third-order valence-corrected chi connectivity index (χ3v) is 3.81. The summed E-state index contributed by atoms with van der Waals surface area (Å²) in [5.41, 5.74) is 1.06. The van der Waals surface area contributed by atoms with Crippen molar-refractivity contribution in [2.75, 3.05) is 7.05 Å². The molecule has 0 spiro atoms. The van der Waals surface area contributed by atoms with Crippen LogP contribution in [0.5, 0.6) is 5.75 Å². The highest BCUT2D eigenvalue weighted by atomic mass is 16.5. The van der Waals surface area contributed by atoms with Crippen molar-refractivity contribution in [3.8, 4) is 5.75 Å². The van der Waals surface area contributed by atoms with Gasteiger partial charge in [-0.2, -0.15) is 0 Å². The molecule has 1 aliphatic rings. The number of hydrogen-bond acceptors (Lipinski definition) is 3. The average Bonchev–Trinajstić information content (AvgIpc) is 2.42. The molecule has 1 saturated carbocycles. The smallest absolute Gasteiger partial charge is 0.138 e. The highest BCUT2D eigenvalue weighted by molar-refractivity contribution is 5.20. The van der Waals surface area contributed by atoms with E-state index in [2.05, 4.69) is 17.2 Å². The van der Waals surface area contributed by atoms with E-state index in [1.165, 1.54) is 32.1 Å². The Morgan fingerprint density at radius 1 is 1.33 bits per heavy atom. The fraction of sp³-hybridized carbons (Fsp3) is 0.667. The van der Waals surface area contributed by atoms with Crippen LogP contribution in [-0.2, 0) is 6.54 Å². The van der Waals surface area contributed by atoms with Crippen molar-refractivity contribution in [2.24, 2.45) is 5.92 Å². The summed E-state index contributed by atoms with van der Waals surface area (Å²) in [5.74, 6) is 1.64. The van der Waals surface area contributed by atoms with Crippen LogP contribution in [0.2, 0.25) is 0 Å². The summed E-state index contributed by atoms with van der Waals surface area (Å²) in [5, 5.41) is 3.10. The van der Waals surface area contributed by atoms with Gasteiger partial charge in [0.25, 0.3) is 0 Å². The highest BCUT2D eigenvalue weighted by Gasteiger charge is 2.25. The molecule has 2 atom stereocenters. The van der Waals surface area contributed by atoms with Gasteiger partial charge in [-0.25, -0.2) is 0 Å². The first-order valence-electron chi connectivity index (χ1n) is 7.09. The number of ether oxygens (including phenoxy) is 1. The largest absolute Gasteiger partial charge is 0.489 e. The van der Waals surface area contributed by atoms with Gasteiger partial charge in [0.05, 0.1) is 11.9 Å². The maximum absolute atomic E-state index is 6.11. The Balaban J connectivity index is 1.95. The predicted molar refractivity (Wildman–Crippen MR) is 73.7 cm³/mol. The Kier molecular flexibility index (Phi) is 5.00. The highest BCUT2D eigenvalue weighted by Crippen LogP contribution is 2.30. The molecule has 0 amide bonds. The molecule has 18 heavy (non-hydrogen) atoms. The summed E-state index contributed by atoms with van der Waals surface area (Å²) in [6.07, 6.45) is 8.62. The monoisotopic (exact) mass is 248 g/mol. The summed E-state index contributed by atoms with van der Waals surface area (Å²) in [6, 6.07) is 4.08. The van der Waals surface area contributed by atoms with Crippen molar-refractivity contribution in [3.05, 3.63) is 24.0 Å². The molecular weight excluding hydrogens is 224 g/mol. The summed E-state index contributed by atoms with van der Waals surface area (Å²) in [6.45, 7) is 3.07. The molecule has 0 aliphatic heterocycles. The maximum atomic E-state index is 6.11. The van der Waals surface area contributed by atoms with Crippen LogP contribution in [0.25, 0.3) is 0 Å². The van der Waals surface area contributed by atoms with Gasteiger partial charge in [0.15, 0.2) is 0 Å². The number of nitrogens with zero attached hydrogens (tertiary/aromatic N) is 1. The third kappa shape index (κ3) is 3.45. The van der Waals surface area contributed by atoms with Gasteiger partial charge < -0.3 is 10.1 Å². The van der Waals surface area contributed by atoms with E-state index >= 15 is 0 Å². The fourth-order valence-electron chi connectivity index (χ4n) is 2.74. The van der Waals surface area contributed by atoms with Gasteiger partial charge in [0.2, 0.25) is 0 Å². The zero-order valence-corrected chi connectivity index (χ0v) is 11.5. The molecule has 0 saturated heterocycles. The SMILES string of the molecule is CCC1CCCCC1Oc1ccc(CNC)nc1. The predicted octanol–water partition coefficient (Wildman–Crippen LogP) is 3.15. The van der Waals surface area contributed by atoms with Crippen LogP contribution in [0.4, 0.5) is 0 Å². The molecule has 2 rings (SSSR count). The molecule has 1 fully saturated rings. The number of hydrogen-bond donors (Lipinski definition) is 1. The van der Waals surface area contributed by atoms with Crippen LogP contribution >= 0.6 is 0 Å². The van der Waals surface area contributed by atoms with Gasteiger partial charge in [-0.1, -0.05) is 13.3 Å². The zero-order valence-electron chi connectivity index (χ0n) is 11.5. The topological polar surface area (TPSA) is 34.1 Å². The lowest BCUT2D eigenvalue weighted by Gasteiger charge is -2.31. The van der Waals surface area contributed by atoms with Gasteiger partial charge in [0, 0.05) is 6.54 Å². The Morgan fingerprint density at radius 2 is 2.17 bits per heavy atom. The first kappa shape index (κ1) is 13.3. The molecule has 0 bridgehead atoms. The minimum absolute atomic E-state index is 0.390. The second-order valence-corrected chi connectivity index (χ2v) is 5.12. The lowest BCUT2D eigenvalue weighted by Crippen LogP contribution is -2.29. The van der Waals surface area contributed by atoms with Crippen molar-refractivity contribution < 1.29 is 4.74 Å². The van der Waals surface area contributed by atoms with Crippen LogP contribution in [0, 0.1) is 5.92 Å². The Hall–Kier alpha value is -1.09. The van der Waals surface area contributed by atoms with E-state index in [1.54, 1.807) is 0 Å². The Labute approximate surface area is 110 Å². The van der Waals surface area contributed by atoms with Gasteiger partial charge in [-0.3, -0.25) is 4.98 Å². The van der Waals surface area contributed by atoms with Crippen molar-refractivity contribution in [2.45, 2.75) is 51.7 Å². The van der Waals surface area contributed by atoms with Crippen LogP contribution < -0.4 is 10.1 Å². The van der Waals surface area contributed by atoms with Crippen LogP contribution in [0.3, 0.4) is 0 Å². The van der Waals surface area contributed by atoms with Crippen molar-refractivity contribution in [3.63, 3.8) is 0 Å². The third-order valence-electron chi connectivity index (χ3n) is 3.81.